The van der Waals surface area contributed by atoms with Gasteiger partial charge in [0, 0.05) is 0 Å². The molecule has 0 amide bonds. The van der Waals surface area contributed by atoms with Crippen LogP contribution in [0.2, 0.25) is 0 Å². The van der Waals surface area contributed by atoms with Crippen molar-refractivity contribution in [1.29, 1.82) is 0 Å². The van der Waals surface area contributed by atoms with E-state index < -0.39 is 17.8 Å². The van der Waals surface area contributed by atoms with Crippen molar-refractivity contribution in [2.24, 2.45) is 5.73 Å². The van der Waals surface area contributed by atoms with E-state index in [0.717, 1.165) is 23.9 Å². The monoisotopic (exact) mass is 273 g/mol. The Balaban J connectivity index is 2.15. The number of nitrogens with zero attached hydrogens (tertiary/aromatic N) is 2. The summed E-state index contributed by atoms with van der Waals surface area (Å²) in [5, 5.41) is 0. The summed E-state index contributed by atoms with van der Waals surface area (Å²) >= 11 is 1.03. The Hall–Kier alpha value is -1.47. The highest BCUT2D eigenvalue weighted by Crippen LogP contribution is 2.30. The van der Waals surface area contributed by atoms with Gasteiger partial charge in [-0.1, -0.05) is 18.2 Å². The Labute approximate surface area is 106 Å². The zero-order valence-corrected chi connectivity index (χ0v) is 10.0. The second-order valence-electron chi connectivity index (χ2n) is 3.84. The van der Waals surface area contributed by atoms with Crippen LogP contribution in [0, 0.1) is 0 Å². The molecule has 0 fully saturated rings. The Kier molecular flexibility index (Phi) is 3.63. The summed E-state index contributed by atoms with van der Waals surface area (Å²) in [5.41, 5.74) is 6.32. The molecular formula is C11H10F3N3S. The maximum Gasteiger partial charge on any atom is 0.416 e. The van der Waals surface area contributed by atoms with E-state index in [2.05, 4.69) is 8.75 Å². The predicted molar refractivity (Wildman–Crippen MR) is 62.0 cm³/mol. The summed E-state index contributed by atoms with van der Waals surface area (Å²) in [6.45, 7) is 0. The Morgan fingerprint density at radius 1 is 1.33 bits per heavy atom. The van der Waals surface area contributed by atoms with Crippen molar-refractivity contribution in [3.63, 3.8) is 0 Å². The van der Waals surface area contributed by atoms with Crippen molar-refractivity contribution in [3.05, 3.63) is 47.3 Å². The summed E-state index contributed by atoms with van der Waals surface area (Å²) in [4.78, 5) is 0. The van der Waals surface area contributed by atoms with Gasteiger partial charge in [-0.25, -0.2) is 0 Å². The fourth-order valence-electron chi connectivity index (χ4n) is 1.57. The molecule has 0 aliphatic rings. The molecule has 0 saturated heterocycles. The Morgan fingerprint density at radius 2 is 2.11 bits per heavy atom. The standard InChI is InChI=1S/C11H10F3N3S/c12-11(13,14)8-3-1-2-7(4-8)5-9(15)10-6-16-18-17-10/h1-4,6,9H,5,15H2. The quantitative estimate of drug-likeness (QED) is 0.935. The fraction of sp³-hybridized carbons (Fsp3) is 0.273. The highest BCUT2D eigenvalue weighted by molar-refractivity contribution is 6.99. The zero-order valence-electron chi connectivity index (χ0n) is 9.19. The number of benzene rings is 1. The molecule has 0 spiro atoms. The predicted octanol–water partition coefficient (Wildman–Crippen LogP) is 2.80. The molecule has 2 rings (SSSR count). The largest absolute Gasteiger partial charge is 0.416 e. The lowest BCUT2D eigenvalue weighted by atomic mass is 10.0. The smallest absolute Gasteiger partial charge is 0.322 e. The van der Waals surface area contributed by atoms with Crippen LogP contribution < -0.4 is 5.73 Å². The van der Waals surface area contributed by atoms with Crippen LogP contribution in [-0.2, 0) is 12.6 Å². The van der Waals surface area contributed by atoms with Gasteiger partial charge in [-0.05, 0) is 18.1 Å². The Bertz CT molecular complexity index is 511. The molecule has 1 unspecified atom stereocenters. The van der Waals surface area contributed by atoms with E-state index in [0.29, 0.717) is 17.7 Å². The molecule has 96 valence electrons. The summed E-state index contributed by atoms with van der Waals surface area (Å²) in [7, 11) is 0. The van der Waals surface area contributed by atoms with Crippen LogP contribution >= 0.6 is 11.7 Å². The van der Waals surface area contributed by atoms with Gasteiger partial charge < -0.3 is 5.73 Å². The lowest BCUT2D eigenvalue weighted by Gasteiger charge is -2.11. The third kappa shape index (κ3) is 3.05. The molecule has 1 aromatic heterocycles. The van der Waals surface area contributed by atoms with Crippen LogP contribution in [0.4, 0.5) is 13.2 Å². The first-order chi connectivity index (χ1) is 8.47. The molecule has 2 N–H and O–H groups in total. The minimum absolute atomic E-state index is 0.301. The van der Waals surface area contributed by atoms with E-state index in [4.69, 9.17) is 5.73 Å². The SMILES string of the molecule is NC(Cc1cccc(C(F)(F)F)c1)c1cnsn1. The lowest BCUT2D eigenvalue weighted by Crippen LogP contribution is -2.14. The molecular weight excluding hydrogens is 263 g/mol. The third-order valence-electron chi connectivity index (χ3n) is 2.47. The van der Waals surface area contributed by atoms with Gasteiger partial charge in [-0.2, -0.15) is 21.9 Å². The number of alkyl halides is 3. The van der Waals surface area contributed by atoms with Crippen molar-refractivity contribution >= 4 is 11.7 Å². The molecule has 0 saturated carbocycles. The van der Waals surface area contributed by atoms with Crippen LogP contribution in [0.5, 0.6) is 0 Å². The molecule has 0 bridgehead atoms. The van der Waals surface area contributed by atoms with Crippen molar-refractivity contribution in [1.82, 2.24) is 8.75 Å². The van der Waals surface area contributed by atoms with Crippen molar-refractivity contribution in [2.75, 3.05) is 0 Å². The summed E-state index contributed by atoms with van der Waals surface area (Å²) in [6.07, 6.45) is -2.50. The maximum absolute atomic E-state index is 12.5. The second kappa shape index (κ2) is 5.03. The van der Waals surface area contributed by atoms with Gasteiger partial charge in [0.05, 0.1) is 35.2 Å². The number of hydrogen-bond acceptors (Lipinski definition) is 4. The molecule has 0 aliphatic carbocycles. The van der Waals surface area contributed by atoms with Gasteiger partial charge in [0.2, 0.25) is 0 Å². The van der Waals surface area contributed by atoms with Gasteiger partial charge in [0.1, 0.15) is 0 Å². The van der Waals surface area contributed by atoms with Crippen molar-refractivity contribution in [3.8, 4) is 0 Å². The molecule has 1 heterocycles. The van der Waals surface area contributed by atoms with Gasteiger partial charge in [-0.15, -0.1) is 0 Å². The molecule has 1 aromatic carbocycles. The van der Waals surface area contributed by atoms with Gasteiger partial charge in [0.25, 0.3) is 0 Å². The minimum Gasteiger partial charge on any atom is -0.322 e. The normalized spacial score (nSPS) is 13.6. The number of hydrogen-bond donors (Lipinski definition) is 1. The Morgan fingerprint density at radius 3 is 2.72 bits per heavy atom. The van der Waals surface area contributed by atoms with E-state index in [1.54, 1.807) is 6.07 Å². The van der Waals surface area contributed by atoms with Crippen LogP contribution in [0.15, 0.2) is 30.5 Å². The van der Waals surface area contributed by atoms with Crippen LogP contribution in [0.1, 0.15) is 22.9 Å². The van der Waals surface area contributed by atoms with Crippen LogP contribution in [0.25, 0.3) is 0 Å². The first-order valence-electron chi connectivity index (χ1n) is 5.16. The second-order valence-corrected chi connectivity index (χ2v) is 4.40. The first-order valence-corrected chi connectivity index (χ1v) is 5.89. The number of aromatic nitrogens is 2. The summed E-state index contributed by atoms with van der Waals surface area (Å²) in [5.74, 6) is 0. The van der Waals surface area contributed by atoms with E-state index >= 15 is 0 Å². The number of rotatable bonds is 3. The van der Waals surface area contributed by atoms with Gasteiger partial charge in [0.15, 0.2) is 0 Å². The van der Waals surface area contributed by atoms with Gasteiger partial charge in [-0.3, -0.25) is 0 Å². The zero-order chi connectivity index (χ0) is 13.2. The molecule has 1 atom stereocenters. The van der Waals surface area contributed by atoms with Crippen molar-refractivity contribution < 1.29 is 13.2 Å². The van der Waals surface area contributed by atoms with Crippen LogP contribution in [0.3, 0.4) is 0 Å². The molecule has 0 radical (unpaired) electrons. The maximum atomic E-state index is 12.5. The molecule has 18 heavy (non-hydrogen) atoms. The molecule has 2 aromatic rings. The molecule has 3 nitrogen and oxygen atoms in total. The summed E-state index contributed by atoms with van der Waals surface area (Å²) < 4.78 is 45.4. The van der Waals surface area contributed by atoms with E-state index in [1.165, 1.54) is 12.3 Å². The topological polar surface area (TPSA) is 51.8 Å². The highest BCUT2D eigenvalue weighted by atomic mass is 32.1. The first kappa shape index (κ1) is 13.0. The van der Waals surface area contributed by atoms with E-state index in [9.17, 15) is 13.2 Å². The number of nitrogens with two attached hydrogens (primary N) is 1. The van der Waals surface area contributed by atoms with Gasteiger partial charge >= 0.3 is 6.18 Å². The molecule has 0 aliphatic heterocycles. The fourth-order valence-corrected chi connectivity index (χ4v) is 2.05. The van der Waals surface area contributed by atoms with E-state index in [-0.39, 0.29) is 0 Å². The third-order valence-corrected chi connectivity index (χ3v) is 2.96. The van der Waals surface area contributed by atoms with E-state index in [1.807, 2.05) is 0 Å². The lowest BCUT2D eigenvalue weighted by molar-refractivity contribution is -0.137. The number of halogens is 3. The van der Waals surface area contributed by atoms with Crippen LogP contribution in [-0.4, -0.2) is 8.75 Å². The average Bonchev–Trinajstić information content (AvgIpc) is 2.81. The van der Waals surface area contributed by atoms with Crippen molar-refractivity contribution in [2.45, 2.75) is 18.6 Å². The summed E-state index contributed by atoms with van der Waals surface area (Å²) in [6, 6.07) is 4.71. The highest BCUT2D eigenvalue weighted by Gasteiger charge is 2.30. The average molecular weight is 273 g/mol. The minimum atomic E-state index is -4.33. The molecule has 7 heteroatoms.